The fourth-order valence-electron chi connectivity index (χ4n) is 8.00. The van der Waals surface area contributed by atoms with Crippen LogP contribution in [0.2, 0.25) is 0 Å². The van der Waals surface area contributed by atoms with Gasteiger partial charge in [0.25, 0.3) is 0 Å². The Balaban J connectivity index is 4.49. The van der Waals surface area contributed by atoms with Crippen LogP contribution in [0.25, 0.3) is 0 Å². The minimum Gasteiger partial charge on any atom is -0.462 e. The number of esters is 3. The van der Waals surface area contributed by atoms with E-state index in [9.17, 15) is 14.4 Å². The number of ether oxygens (including phenoxy) is 3. The molecular formula is C70H112O6. The highest BCUT2D eigenvalue weighted by atomic mass is 16.6. The molecule has 0 heterocycles. The van der Waals surface area contributed by atoms with Crippen LogP contribution in [-0.4, -0.2) is 37.2 Å². The molecule has 1 unspecified atom stereocenters. The molecule has 0 saturated heterocycles. The Kier molecular flexibility index (Phi) is 58.9. The highest BCUT2D eigenvalue weighted by molar-refractivity contribution is 5.71. The van der Waals surface area contributed by atoms with Gasteiger partial charge in [-0.15, -0.1) is 0 Å². The second-order valence-electron chi connectivity index (χ2n) is 19.8. The van der Waals surface area contributed by atoms with Crippen molar-refractivity contribution < 1.29 is 28.6 Å². The van der Waals surface area contributed by atoms with Crippen molar-refractivity contribution in [3.05, 3.63) is 146 Å². The molecule has 6 nitrogen and oxygen atoms in total. The Morgan fingerprint density at radius 1 is 0.276 bits per heavy atom. The second-order valence-corrected chi connectivity index (χ2v) is 19.8. The van der Waals surface area contributed by atoms with Gasteiger partial charge in [0.1, 0.15) is 13.2 Å². The van der Waals surface area contributed by atoms with Gasteiger partial charge in [-0.3, -0.25) is 14.4 Å². The molecule has 0 spiro atoms. The predicted molar refractivity (Wildman–Crippen MR) is 329 cm³/mol. The Morgan fingerprint density at radius 3 is 0.829 bits per heavy atom. The van der Waals surface area contributed by atoms with Crippen LogP contribution in [0.1, 0.15) is 258 Å². The summed E-state index contributed by atoms with van der Waals surface area (Å²) < 4.78 is 16.9. The zero-order valence-electron chi connectivity index (χ0n) is 49.0. The summed E-state index contributed by atoms with van der Waals surface area (Å²) in [6, 6.07) is 0. The molecule has 0 aliphatic heterocycles. The third-order valence-electron chi connectivity index (χ3n) is 12.6. The van der Waals surface area contributed by atoms with Gasteiger partial charge in [0.2, 0.25) is 0 Å². The standard InChI is InChI=1S/C70H112O6/c1-4-7-10-13-16-19-22-25-28-30-32-33-34-35-36-37-39-40-42-45-48-51-54-57-60-63-69(72)75-66-67(65-74-68(71)62-59-56-53-50-47-44-27-24-21-18-15-12-9-6-3)76-70(73)64-61-58-55-52-49-46-43-41-38-31-29-26-23-20-17-14-11-8-5-2/h7-8,10-11,16-17,19-20,24-29,32-33,35-36,38-41,45,48,67H,4-6,9,12-15,18,21-23,30-31,34,37,42-44,46-47,49-66H2,1-3H3/b10-7-,11-8-,19-16-,20-17-,27-24-,28-25-,29-26-,33-32-,36-35-,40-39-,41-38-,48-45-. The molecule has 0 radical (unpaired) electrons. The quantitative estimate of drug-likeness (QED) is 0.0261. The van der Waals surface area contributed by atoms with E-state index in [2.05, 4.69) is 167 Å². The van der Waals surface area contributed by atoms with Gasteiger partial charge in [-0.05, 0) is 141 Å². The summed E-state index contributed by atoms with van der Waals surface area (Å²) in [6.45, 7) is 6.35. The van der Waals surface area contributed by atoms with Gasteiger partial charge >= 0.3 is 17.9 Å². The SMILES string of the molecule is CC/C=C\C/C=C\C/C=C\C/C=C\C/C=C\C/C=C\C/C=C\CCCCCC(=O)OCC(COC(=O)CCCCCCC/C=C\CCCCCCC)OC(=O)CCCCCCCC/C=C\C/C=C\C/C=C\C/C=C\CC. The van der Waals surface area contributed by atoms with E-state index in [1.807, 2.05) is 0 Å². The molecule has 0 N–H and O–H groups in total. The van der Waals surface area contributed by atoms with E-state index in [1.54, 1.807) is 0 Å². The van der Waals surface area contributed by atoms with E-state index < -0.39 is 6.10 Å². The van der Waals surface area contributed by atoms with Crippen LogP contribution in [-0.2, 0) is 28.6 Å². The smallest absolute Gasteiger partial charge is 0.306 e. The molecule has 0 fully saturated rings. The number of carbonyl (C=O) groups excluding carboxylic acids is 3. The minimum absolute atomic E-state index is 0.104. The van der Waals surface area contributed by atoms with Crippen LogP contribution in [0.3, 0.4) is 0 Å². The summed E-state index contributed by atoms with van der Waals surface area (Å²) in [4.78, 5) is 38.3. The topological polar surface area (TPSA) is 78.9 Å². The van der Waals surface area contributed by atoms with E-state index >= 15 is 0 Å². The van der Waals surface area contributed by atoms with Gasteiger partial charge in [0, 0.05) is 19.3 Å². The first kappa shape index (κ1) is 71.3. The average Bonchev–Trinajstić information content (AvgIpc) is 3.42. The molecule has 0 bridgehead atoms. The van der Waals surface area contributed by atoms with E-state index in [1.165, 1.54) is 57.8 Å². The summed E-state index contributed by atoms with van der Waals surface area (Å²) >= 11 is 0. The molecule has 428 valence electrons. The van der Waals surface area contributed by atoms with E-state index in [4.69, 9.17) is 14.2 Å². The van der Waals surface area contributed by atoms with E-state index in [0.717, 1.165) is 161 Å². The van der Waals surface area contributed by atoms with Crippen molar-refractivity contribution >= 4 is 17.9 Å². The first-order chi connectivity index (χ1) is 37.5. The van der Waals surface area contributed by atoms with Gasteiger partial charge in [-0.1, -0.05) is 244 Å². The van der Waals surface area contributed by atoms with Crippen LogP contribution < -0.4 is 0 Å². The van der Waals surface area contributed by atoms with E-state index in [0.29, 0.717) is 19.3 Å². The first-order valence-corrected chi connectivity index (χ1v) is 30.8. The zero-order chi connectivity index (χ0) is 55.0. The third kappa shape index (κ3) is 60.2. The summed E-state index contributed by atoms with van der Waals surface area (Å²) in [7, 11) is 0. The van der Waals surface area contributed by atoms with Crippen LogP contribution >= 0.6 is 0 Å². The molecule has 0 aliphatic rings. The lowest BCUT2D eigenvalue weighted by atomic mass is 10.1. The van der Waals surface area contributed by atoms with Gasteiger partial charge in [0.15, 0.2) is 6.10 Å². The molecule has 1 atom stereocenters. The summed E-state index contributed by atoms with van der Waals surface area (Å²) in [5.74, 6) is -0.963. The van der Waals surface area contributed by atoms with Gasteiger partial charge < -0.3 is 14.2 Å². The largest absolute Gasteiger partial charge is 0.462 e. The molecule has 0 saturated carbocycles. The molecular weight excluding hydrogens is 937 g/mol. The maximum Gasteiger partial charge on any atom is 0.306 e. The highest BCUT2D eigenvalue weighted by Gasteiger charge is 2.19. The number of allylic oxidation sites excluding steroid dienone is 24. The number of hydrogen-bond donors (Lipinski definition) is 0. The Bertz CT molecular complexity index is 1680. The fraction of sp³-hybridized carbons (Fsp3) is 0.614. The summed E-state index contributed by atoms with van der Waals surface area (Å²) in [5.41, 5.74) is 0. The predicted octanol–water partition coefficient (Wildman–Crippen LogP) is 21.2. The van der Waals surface area contributed by atoms with Crippen LogP contribution in [0.4, 0.5) is 0 Å². The molecule has 0 aromatic rings. The molecule has 0 rings (SSSR count). The minimum atomic E-state index is -0.811. The van der Waals surface area contributed by atoms with Crippen molar-refractivity contribution in [3.8, 4) is 0 Å². The van der Waals surface area contributed by atoms with Crippen LogP contribution in [0, 0.1) is 0 Å². The van der Waals surface area contributed by atoms with Crippen LogP contribution in [0.15, 0.2) is 146 Å². The van der Waals surface area contributed by atoms with Crippen molar-refractivity contribution in [2.45, 2.75) is 264 Å². The van der Waals surface area contributed by atoms with E-state index in [-0.39, 0.29) is 31.1 Å². The molecule has 0 aliphatic carbocycles. The number of unbranched alkanes of at least 4 members (excludes halogenated alkanes) is 19. The van der Waals surface area contributed by atoms with Gasteiger partial charge in [-0.25, -0.2) is 0 Å². The van der Waals surface area contributed by atoms with Crippen molar-refractivity contribution in [3.63, 3.8) is 0 Å². The van der Waals surface area contributed by atoms with Crippen LogP contribution in [0.5, 0.6) is 0 Å². The number of hydrogen-bond acceptors (Lipinski definition) is 6. The fourth-order valence-corrected chi connectivity index (χ4v) is 8.00. The summed E-state index contributed by atoms with van der Waals surface area (Å²) in [6.07, 6.45) is 89.8. The number of rotatable bonds is 54. The van der Waals surface area contributed by atoms with Crippen molar-refractivity contribution in [1.29, 1.82) is 0 Å². The molecule has 6 heteroatoms. The lowest BCUT2D eigenvalue weighted by molar-refractivity contribution is -0.167. The first-order valence-electron chi connectivity index (χ1n) is 30.8. The van der Waals surface area contributed by atoms with Crippen molar-refractivity contribution in [2.75, 3.05) is 13.2 Å². The Morgan fingerprint density at radius 2 is 0.513 bits per heavy atom. The third-order valence-corrected chi connectivity index (χ3v) is 12.6. The maximum absolute atomic E-state index is 12.9. The lowest BCUT2D eigenvalue weighted by Crippen LogP contribution is -2.30. The normalized spacial score (nSPS) is 13.1. The zero-order valence-corrected chi connectivity index (χ0v) is 49.0. The molecule has 76 heavy (non-hydrogen) atoms. The molecule has 0 aromatic carbocycles. The maximum atomic E-state index is 12.9. The second kappa shape index (κ2) is 62.8. The summed E-state index contributed by atoms with van der Waals surface area (Å²) in [5, 5.41) is 0. The Hall–Kier alpha value is -4.71. The van der Waals surface area contributed by atoms with Gasteiger partial charge in [0.05, 0.1) is 0 Å². The lowest BCUT2D eigenvalue weighted by Gasteiger charge is -2.18. The highest BCUT2D eigenvalue weighted by Crippen LogP contribution is 2.14. The monoisotopic (exact) mass is 1050 g/mol. The Labute approximate surface area is 467 Å². The number of carbonyl (C=O) groups is 3. The molecule has 0 amide bonds. The molecule has 0 aromatic heterocycles. The van der Waals surface area contributed by atoms with Crippen molar-refractivity contribution in [1.82, 2.24) is 0 Å². The van der Waals surface area contributed by atoms with Crippen molar-refractivity contribution in [2.24, 2.45) is 0 Å². The van der Waals surface area contributed by atoms with Gasteiger partial charge in [-0.2, -0.15) is 0 Å². The average molecular weight is 1050 g/mol.